The molecule has 0 aliphatic carbocycles. The van der Waals surface area contributed by atoms with Gasteiger partial charge in [0.1, 0.15) is 23.9 Å². The molecule has 4 aromatic rings. The third-order valence-electron chi connectivity index (χ3n) is 4.96. The van der Waals surface area contributed by atoms with E-state index in [1.54, 1.807) is 24.3 Å². The van der Waals surface area contributed by atoms with Gasteiger partial charge in [-0.3, -0.25) is 0 Å². The average molecular weight is 375 g/mol. The molecule has 0 radical (unpaired) electrons. The highest BCUT2D eigenvalue weighted by atomic mass is 35.5. The van der Waals surface area contributed by atoms with Gasteiger partial charge in [0.15, 0.2) is 0 Å². The maximum Gasteiger partial charge on any atom is 0.136 e. The molecule has 0 aromatic heterocycles. The lowest BCUT2D eigenvalue weighted by Crippen LogP contribution is -2.07. The van der Waals surface area contributed by atoms with Crippen molar-refractivity contribution in [2.75, 3.05) is 0 Å². The van der Waals surface area contributed by atoms with Gasteiger partial charge in [-0.05, 0) is 64.4 Å². The molecular formula is C23H15ClO3. The quantitative estimate of drug-likeness (QED) is 0.421. The average Bonchev–Trinajstić information content (AvgIpc) is 2.67. The molecule has 2 N–H and O–H groups in total. The van der Waals surface area contributed by atoms with E-state index in [4.69, 9.17) is 16.3 Å². The second-order valence-electron chi connectivity index (χ2n) is 6.67. The fourth-order valence-corrected chi connectivity index (χ4v) is 3.86. The van der Waals surface area contributed by atoms with E-state index < -0.39 is 0 Å². The molecule has 132 valence electrons. The minimum atomic E-state index is 0.207. The first-order valence-corrected chi connectivity index (χ1v) is 8.99. The highest BCUT2D eigenvalue weighted by Crippen LogP contribution is 2.48. The molecule has 3 nitrogen and oxygen atoms in total. The molecule has 0 spiro atoms. The van der Waals surface area contributed by atoms with E-state index in [-0.39, 0.29) is 11.5 Å². The summed E-state index contributed by atoms with van der Waals surface area (Å²) in [5.74, 6) is 1.21. The lowest BCUT2D eigenvalue weighted by atomic mass is 9.88. The number of fused-ring (bicyclic) bond motifs is 4. The molecule has 0 saturated heterocycles. The van der Waals surface area contributed by atoms with Crippen LogP contribution in [0.2, 0.25) is 5.02 Å². The van der Waals surface area contributed by atoms with Crippen molar-refractivity contribution in [1.82, 2.24) is 0 Å². The van der Waals surface area contributed by atoms with Gasteiger partial charge in [0.25, 0.3) is 0 Å². The van der Waals surface area contributed by atoms with Gasteiger partial charge in [0.05, 0.1) is 0 Å². The van der Waals surface area contributed by atoms with Gasteiger partial charge in [0.2, 0.25) is 0 Å². The van der Waals surface area contributed by atoms with E-state index in [0.29, 0.717) is 11.6 Å². The lowest BCUT2D eigenvalue weighted by Gasteiger charge is -2.25. The van der Waals surface area contributed by atoms with Crippen molar-refractivity contribution in [3.63, 3.8) is 0 Å². The van der Waals surface area contributed by atoms with Crippen LogP contribution >= 0.6 is 11.6 Å². The number of aromatic hydroxyl groups is 2. The normalized spacial score (nSPS) is 12.3. The first-order valence-electron chi connectivity index (χ1n) is 8.61. The Balaban J connectivity index is 1.88. The third kappa shape index (κ3) is 2.59. The first-order chi connectivity index (χ1) is 13.1. The van der Waals surface area contributed by atoms with E-state index in [9.17, 15) is 10.2 Å². The van der Waals surface area contributed by atoms with Crippen LogP contribution in [0.25, 0.3) is 33.0 Å². The van der Waals surface area contributed by atoms with Crippen molar-refractivity contribution >= 4 is 22.4 Å². The Kier molecular flexibility index (Phi) is 3.52. The topological polar surface area (TPSA) is 49.7 Å². The Morgan fingerprint density at radius 3 is 2.33 bits per heavy atom. The minimum absolute atomic E-state index is 0.207. The molecule has 0 amide bonds. The summed E-state index contributed by atoms with van der Waals surface area (Å²) in [5.41, 5.74) is 4.85. The van der Waals surface area contributed by atoms with Gasteiger partial charge in [0, 0.05) is 21.7 Å². The summed E-state index contributed by atoms with van der Waals surface area (Å²) in [4.78, 5) is 0. The third-order valence-corrected chi connectivity index (χ3v) is 5.21. The number of halogens is 1. The van der Waals surface area contributed by atoms with E-state index in [1.807, 2.05) is 36.4 Å². The largest absolute Gasteiger partial charge is 0.508 e. The van der Waals surface area contributed by atoms with Crippen LogP contribution in [0.4, 0.5) is 0 Å². The zero-order chi connectivity index (χ0) is 18.5. The fourth-order valence-electron chi connectivity index (χ4n) is 3.73. The molecule has 4 aromatic carbocycles. The van der Waals surface area contributed by atoms with Crippen LogP contribution in [0.15, 0.2) is 66.7 Å². The molecule has 27 heavy (non-hydrogen) atoms. The Bertz CT molecular complexity index is 1200. The zero-order valence-electron chi connectivity index (χ0n) is 14.2. The van der Waals surface area contributed by atoms with Gasteiger partial charge in [-0.25, -0.2) is 0 Å². The fraction of sp³-hybridized carbons (Fsp3) is 0.0435. The summed E-state index contributed by atoms with van der Waals surface area (Å²) in [6.07, 6.45) is 0. The van der Waals surface area contributed by atoms with Gasteiger partial charge in [-0.2, -0.15) is 0 Å². The van der Waals surface area contributed by atoms with Crippen molar-refractivity contribution in [1.29, 1.82) is 0 Å². The van der Waals surface area contributed by atoms with Crippen LogP contribution in [-0.4, -0.2) is 10.2 Å². The zero-order valence-corrected chi connectivity index (χ0v) is 15.0. The van der Waals surface area contributed by atoms with E-state index in [1.165, 1.54) is 0 Å². The summed E-state index contributed by atoms with van der Waals surface area (Å²) in [7, 11) is 0. The molecule has 5 rings (SSSR count). The Morgan fingerprint density at radius 2 is 1.52 bits per heavy atom. The lowest BCUT2D eigenvalue weighted by molar-refractivity contribution is 0.303. The van der Waals surface area contributed by atoms with Crippen molar-refractivity contribution in [2.24, 2.45) is 0 Å². The number of rotatable bonds is 1. The van der Waals surface area contributed by atoms with Gasteiger partial charge in [-0.1, -0.05) is 35.9 Å². The second-order valence-corrected chi connectivity index (χ2v) is 7.11. The van der Waals surface area contributed by atoms with Crippen molar-refractivity contribution in [3.8, 4) is 39.5 Å². The molecule has 1 aliphatic rings. The maximum atomic E-state index is 10.0. The number of phenolic OH excluding ortho intramolecular Hbond substituents is 2. The molecule has 0 bridgehead atoms. The van der Waals surface area contributed by atoms with Crippen molar-refractivity contribution in [3.05, 3.63) is 77.3 Å². The molecule has 0 atom stereocenters. The molecule has 0 fully saturated rings. The van der Waals surface area contributed by atoms with Crippen LogP contribution in [0.3, 0.4) is 0 Å². The number of hydrogen-bond acceptors (Lipinski definition) is 3. The first kappa shape index (κ1) is 16.0. The Hall–Kier alpha value is -3.17. The van der Waals surface area contributed by atoms with Crippen LogP contribution in [-0.2, 0) is 6.61 Å². The smallest absolute Gasteiger partial charge is 0.136 e. The predicted molar refractivity (Wildman–Crippen MR) is 107 cm³/mol. The Morgan fingerprint density at radius 1 is 0.778 bits per heavy atom. The van der Waals surface area contributed by atoms with E-state index in [2.05, 4.69) is 6.07 Å². The van der Waals surface area contributed by atoms with Gasteiger partial charge < -0.3 is 14.9 Å². The molecule has 1 aliphatic heterocycles. The maximum absolute atomic E-state index is 10.0. The number of benzene rings is 4. The summed E-state index contributed by atoms with van der Waals surface area (Å²) >= 11 is 6.07. The number of hydrogen-bond donors (Lipinski definition) is 2. The van der Waals surface area contributed by atoms with Crippen LogP contribution < -0.4 is 4.74 Å². The highest BCUT2D eigenvalue weighted by Gasteiger charge is 2.24. The van der Waals surface area contributed by atoms with Crippen LogP contribution in [0.5, 0.6) is 17.2 Å². The Labute approximate surface area is 161 Å². The summed E-state index contributed by atoms with van der Waals surface area (Å²) < 4.78 is 6.14. The summed E-state index contributed by atoms with van der Waals surface area (Å²) in [6.45, 7) is 0.377. The highest BCUT2D eigenvalue weighted by molar-refractivity contribution is 6.30. The molecule has 1 heterocycles. The molecule has 0 unspecified atom stereocenters. The number of phenols is 2. The van der Waals surface area contributed by atoms with Crippen molar-refractivity contribution < 1.29 is 14.9 Å². The summed E-state index contributed by atoms with van der Waals surface area (Å²) in [5, 5.41) is 22.4. The monoisotopic (exact) mass is 374 g/mol. The molecular weight excluding hydrogens is 360 g/mol. The van der Waals surface area contributed by atoms with Crippen LogP contribution in [0, 0.1) is 0 Å². The van der Waals surface area contributed by atoms with Crippen molar-refractivity contribution in [2.45, 2.75) is 6.61 Å². The molecule has 4 heteroatoms. The summed E-state index contributed by atoms with van der Waals surface area (Å²) in [6, 6.07) is 20.4. The SMILES string of the molecule is Oc1ccc2c(c1)COc1c-2cc2ccc(O)cc2c1-c1ccc(Cl)cc1. The second kappa shape index (κ2) is 5.93. The number of ether oxygens (including phenoxy) is 1. The van der Waals surface area contributed by atoms with E-state index >= 15 is 0 Å². The standard InChI is InChI=1S/C23H15ClO3/c24-16-4-1-13(2-5-16)22-20-11-18(26)6-3-14(20)10-21-19-8-7-17(25)9-15(19)12-27-23(21)22/h1-11,25-26H,12H2. The molecule has 0 saturated carbocycles. The van der Waals surface area contributed by atoms with Crippen LogP contribution in [0.1, 0.15) is 5.56 Å². The van der Waals surface area contributed by atoms with E-state index in [0.717, 1.165) is 44.3 Å². The van der Waals surface area contributed by atoms with Gasteiger partial charge in [-0.15, -0.1) is 0 Å². The van der Waals surface area contributed by atoms with Gasteiger partial charge >= 0.3 is 0 Å². The predicted octanol–water partition coefficient (Wildman–Crippen LogP) is 6.13. The minimum Gasteiger partial charge on any atom is -0.508 e.